The largest absolute Gasteiger partial charge is 0.389 e. The Morgan fingerprint density at radius 1 is 1.40 bits per heavy atom. The Kier molecular flexibility index (Phi) is 4.22. The maximum Gasteiger partial charge on any atom is 0.116 e. The average molecular weight is 242 g/mol. The van der Waals surface area contributed by atoms with E-state index in [1.54, 1.807) is 11.3 Å². The minimum atomic E-state index is 0.388. The molecule has 0 aliphatic carbocycles. The van der Waals surface area contributed by atoms with E-state index in [0.29, 0.717) is 16.8 Å². The van der Waals surface area contributed by atoms with Crippen LogP contribution in [0.3, 0.4) is 0 Å². The second-order valence-corrected chi connectivity index (χ2v) is 5.96. The van der Waals surface area contributed by atoms with E-state index in [1.165, 1.54) is 0 Å². The minimum absolute atomic E-state index is 0.388. The van der Waals surface area contributed by atoms with Gasteiger partial charge in [-0.15, -0.1) is 11.3 Å². The zero-order chi connectivity index (χ0) is 11.6. The molecule has 15 heavy (non-hydrogen) atoms. The Morgan fingerprint density at radius 3 is 2.33 bits per heavy atom. The van der Waals surface area contributed by atoms with Gasteiger partial charge in [0.2, 0.25) is 0 Å². The zero-order valence-electron chi connectivity index (χ0n) is 9.70. The van der Waals surface area contributed by atoms with Gasteiger partial charge in [-0.25, -0.2) is 4.98 Å². The Balaban J connectivity index is 3.04. The van der Waals surface area contributed by atoms with Crippen LogP contribution in [0.1, 0.15) is 49.2 Å². The van der Waals surface area contributed by atoms with Crippen molar-refractivity contribution in [2.24, 2.45) is 11.7 Å². The van der Waals surface area contributed by atoms with E-state index in [2.05, 4.69) is 32.7 Å². The third-order valence-corrected chi connectivity index (χ3v) is 3.51. The first-order chi connectivity index (χ1) is 6.91. The number of nitrogens with two attached hydrogens (primary N) is 1. The molecule has 0 radical (unpaired) electrons. The molecule has 2 N–H and O–H groups in total. The van der Waals surface area contributed by atoms with Crippen molar-refractivity contribution in [1.29, 1.82) is 0 Å². The lowest BCUT2D eigenvalue weighted by Crippen LogP contribution is -2.10. The van der Waals surface area contributed by atoms with Crippen LogP contribution in [0.4, 0.5) is 0 Å². The van der Waals surface area contributed by atoms with Gasteiger partial charge in [-0.05, 0) is 11.8 Å². The summed E-state index contributed by atoms with van der Waals surface area (Å²) in [5.74, 6) is 1.01. The van der Waals surface area contributed by atoms with Gasteiger partial charge in [0.05, 0.1) is 15.6 Å². The SMILES string of the molecule is CC(C)Cc1nc(C(C)C)c(C(N)=S)s1. The summed E-state index contributed by atoms with van der Waals surface area (Å²) < 4.78 is 0. The van der Waals surface area contributed by atoms with E-state index >= 15 is 0 Å². The van der Waals surface area contributed by atoms with Crippen LogP contribution in [0.2, 0.25) is 0 Å². The molecule has 0 aromatic carbocycles. The van der Waals surface area contributed by atoms with Crippen LogP contribution in [0.25, 0.3) is 0 Å². The molecule has 0 bridgehead atoms. The fourth-order valence-corrected chi connectivity index (χ4v) is 2.89. The molecule has 0 amide bonds. The first kappa shape index (κ1) is 12.6. The molecule has 1 aromatic heterocycles. The Labute approximate surface area is 101 Å². The van der Waals surface area contributed by atoms with E-state index in [9.17, 15) is 0 Å². The maximum absolute atomic E-state index is 5.70. The normalized spacial score (nSPS) is 11.3. The van der Waals surface area contributed by atoms with Gasteiger partial charge < -0.3 is 5.73 Å². The van der Waals surface area contributed by atoms with Crippen LogP contribution >= 0.6 is 23.6 Å². The molecule has 84 valence electrons. The zero-order valence-corrected chi connectivity index (χ0v) is 11.3. The van der Waals surface area contributed by atoms with E-state index in [1.807, 2.05) is 0 Å². The van der Waals surface area contributed by atoms with Gasteiger partial charge in [-0.2, -0.15) is 0 Å². The quantitative estimate of drug-likeness (QED) is 0.825. The molecule has 0 atom stereocenters. The van der Waals surface area contributed by atoms with Crippen molar-refractivity contribution in [3.63, 3.8) is 0 Å². The molecule has 1 heterocycles. The third-order valence-electron chi connectivity index (χ3n) is 2.05. The topological polar surface area (TPSA) is 38.9 Å². The summed E-state index contributed by atoms with van der Waals surface area (Å²) in [6.45, 7) is 8.62. The maximum atomic E-state index is 5.70. The van der Waals surface area contributed by atoms with Crippen molar-refractivity contribution in [3.05, 3.63) is 15.6 Å². The van der Waals surface area contributed by atoms with E-state index in [-0.39, 0.29) is 0 Å². The molecule has 1 rings (SSSR count). The van der Waals surface area contributed by atoms with Crippen LogP contribution < -0.4 is 5.73 Å². The fourth-order valence-electron chi connectivity index (χ4n) is 1.38. The van der Waals surface area contributed by atoms with Gasteiger partial charge in [-0.1, -0.05) is 39.9 Å². The lowest BCUT2D eigenvalue weighted by Gasteiger charge is -2.02. The van der Waals surface area contributed by atoms with Crippen molar-refractivity contribution in [1.82, 2.24) is 4.98 Å². The molecule has 0 fully saturated rings. The highest BCUT2D eigenvalue weighted by Crippen LogP contribution is 2.26. The molecule has 0 aliphatic rings. The highest BCUT2D eigenvalue weighted by Gasteiger charge is 2.16. The van der Waals surface area contributed by atoms with Crippen molar-refractivity contribution < 1.29 is 0 Å². The molecule has 0 aliphatic heterocycles. The second-order valence-electron chi connectivity index (χ2n) is 4.44. The molecule has 0 saturated heterocycles. The van der Waals surface area contributed by atoms with Crippen molar-refractivity contribution in [3.8, 4) is 0 Å². The van der Waals surface area contributed by atoms with Crippen molar-refractivity contribution >= 4 is 28.5 Å². The molecular formula is C11H18N2S2. The summed E-state index contributed by atoms with van der Waals surface area (Å²) in [4.78, 5) is 6.10. The van der Waals surface area contributed by atoms with Crippen LogP contribution in [0.5, 0.6) is 0 Å². The van der Waals surface area contributed by atoms with E-state index in [0.717, 1.165) is 22.0 Å². The highest BCUT2D eigenvalue weighted by molar-refractivity contribution is 7.81. The summed E-state index contributed by atoms with van der Waals surface area (Å²) >= 11 is 6.69. The van der Waals surface area contributed by atoms with Gasteiger partial charge in [0.25, 0.3) is 0 Å². The molecule has 4 heteroatoms. The molecule has 2 nitrogen and oxygen atoms in total. The summed E-state index contributed by atoms with van der Waals surface area (Å²) in [5, 5.41) is 1.15. The Morgan fingerprint density at radius 2 is 2.00 bits per heavy atom. The summed E-state index contributed by atoms with van der Waals surface area (Å²) in [6, 6.07) is 0. The lowest BCUT2D eigenvalue weighted by atomic mass is 10.1. The van der Waals surface area contributed by atoms with Gasteiger partial charge >= 0.3 is 0 Å². The van der Waals surface area contributed by atoms with Gasteiger partial charge in [0, 0.05) is 6.42 Å². The number of nitrogens with zero attached hydrogens (tertiary/aromatic N) is 1. The minimum Gasteiger partial charge on any atom is -0.389 e. The lowest BCUT2D eigenvalue weighted by molar-refractivity contribution is 0.641. The predicted molar refractivity (Wildman–Crippen MR) is 70.6 cm³/mol. The first-order valence-electron chi connectivity index (χ1n) is 5.21. The predicted octanol–water partition coefficient (Wildman–Crippen LogP) is 3.10. The van der Waals surface area contributed by atoms with E-state index in [4.69, 9.17) is 18.0 Å². The Bertz CT molecular complexity index is 353. The van der Waals surface area contributed by atoms with Crippen molar-refractivity contribution in [2.75, 3.05) is 0 Å². The van der Waals surface area contributed by atoms with Gasteiger partial charge in [-0.3, -0.25) is 0 Å². The second kappa shape index (κ2) is 5.03. The first-order valence-corrected chi connectivity index (χ1v) is 6.43. The highest BCUT2D eigenvalue weighted by atomic mass is 32.1. The fraction of sp³-hybridized carbons (Fsp3) is 0.636. The number of hydrogen-bond donors (Lipinski definition) is 1. The van der Waals surface area contributed by atoms with E-state index < -0.39 is 0 Å². The van der Waals surface area contributed by atoms with Crippen LogP contribution in [-0.2, 0) is 6.42 Å². The molecule has 0 spiro atoms. The molecule has 0 saturated carbocycles. The third kappa shape index (κ3) is 3.24. The van der Waals surface area contributed by atoms with Crippen molar-refractivity contribution in [2.45, 2.75) is 40.0 Å². The molecule has 1 aromatic rings. The summed E-state index contributed by atoms with van der Waals surface area (Å²) in [6.07, 6.45) is 1.01. The van der Waals surface area contributed by atoms with Crippen LogP contribution in [-0.4, -0.2) is 9.97 Å². The Hall–Kier alpha value is -0.480. The molecular weight excluding hydrogens is 224 g/mol. The smallest absolute Gasteiger partial charge is 0.116 e. The van der Waals surface area contributed by atoms with Gasteiger partial charge in [0.15, 0.2) is 0 Å². The summed E-state index contributed by atoms with van der Waals surface area (Å²) in [5.41, 5.74) is 6.76. The monoisotopic (exact) mass is 242 g/mol. The van der Waals surface area contributed by atoms with Gasteiger partial charge in [0.1, 0.15) is 4.99 Å². The standard InChI is InChI=1S/C11H18N2S2/c1-6(2)5-8-13-9(7(3)4)10(15-8)11(12)14/h6-7H,5H2,1-4H3,(H2,12,14). The number of rotatable bonds is 4. The number of hydrogen-bond acceptors (Lipinski definition) is 3. The average Bonchev–Trinajstić information content (AvgIpc) is 2.46. The van der Waals surface area contributed by atoms with Crippen LogP contribution in [0.15, 0.2) is 0 Å². The number of thiazole rings is 1. The van der Waals surface area contributed by atoms with Crippen LogP contribution in [0, 0.1) is 5.92 Å². The molecule has 0 unspecified atom stereocenters. The summed E-state index contributed by atoms with van der Waals surface area (Å²) in [7, 11) is 0. The number of thiocarbonyl (C=S) groups is 1. The number of aromatic nitrogens is 1.